The average molecular weight is 318 g/mol. The minimum Gasteiger partial charge on any atom is -0.475 e. The van der Waals surface area contributed by atoms with Crippen molar-refractivity contribution in [1.29, 1.82) is 0 Å². The van der Waals surface area contributed by atoms with Crippen molar-refractivity contribution in [1.82, 2.24) is 9.21 Å². The summed E-state index contributed by atoms with van der Waals surface area (Å²) in [5.74, 6) is -1.55. The Morgan fingerprint density at radius 1 is 1.33 bits per heavy atom. The van der Waals surface area contributed by atoms with Crippen molar-refractivity contribution in [3.8, 4) is 0 Å². The van der Waals surface area contributed by atoms with Crippen LogP contribution in [-0.4, -0.2) is 62.4 Å². The summed E-state index contributed by atoms with van der Waals surface area (Å²) in [4.78, 5) is 12.8. The molecule has 0 amide bonds. The van der Waals surface area contributed by atoms with Gasteiger partial charge in [0.15, 0.2) is 0 Å². The molecule has 1 N–H and O–H groups in total. The zero-order valence-corrected chi connectivity index (χ0v) is 13.6. The van der Waals surface area contributed by atoms with Crippen LogP contribution in [0, 0.1) is 6.92 Å². The van der Waals surface area contributed by atoms with Gasteiger partial charge in [-0.2, -0.15) is 4.31 Å². The molecule has 7 nitrogen and oxygen atoms in total. The Labute approximate surface area is 125 Å². The maximum atomic E-state index is 12.6. The molecule has 0 aromatic carbocycles. The molecular weight excluding hydrogens is 296 g/mol. The van der Waals surface area contributed by atoms with Crippen molar-refractivity contribution in [2.24, 2.45) is 0 Å². The van der Waals surface area contributed by atoms with Gasteiger partial charge in [-0.1, -0.05) is 6.92 Å². The zero-order chi connectivity index (χ0) is 16.2. The minimum atomic E-state index is -3.73. The highest BCUT2D eigenvalue weighted by Gasteiger charge is 2.28. The highest BCUT2D eigenvalue weighted by molar-refractivity contribution is 7.89. The van der Waals surface area contributed by atoms with Gasteiger partial charge in [-0.25, -0.2) is 13.2 Å². The lowest BCUT2D eigenvalue weighted by Crippen LogP contribution is -2.33. The summed E-state index contributed by atoms with van der Waals surface area (Å²) in [5.41, 5.74) is 0. The number of furan rings is 1. The highest BCUT2D eigenvalue weighted by Crippen LogP contribution is 2.23. The summed E-state index contributed by atoms with van der Waals surface area (Å²) in [6.45, 7) is 4.68. The van der Waals surface area contributed by atoms with Crippen LogP contribution in [0.5, 0.6) is 0 Å². The molecule has 1 heterocycles. The van der Waals surface area contributed by atoms with Crippen LogP contribution in [0.15, 0.2) is 15.4 Å². The number of hydrogen-bond acceptors (Lipinski definition) is 5. The molecule has 0 unspecified atom stereocenters. The first-order valence-corrected chi connectivity index (χ1v) is 8.12. The van der Waals surface area contributed by atoms with E-state index >= 15 is 0 Å². The molecular formula is C13H22N2O5S. The molecule has 0 aliphatic rings. The normalized spacial score (nSPS) is 12.3. The van der Waals surface area contributed by atoms with Gasteiger partial charge in [0.2, 0.25) is 15.8 Å². The average Bonchev–Trinajstić information content (AvgIpc) is 2.77. The number of carboxylic acids is 1. The van der Waals surface area contributed by atoms with E-state index in [0.717, 1.165) is 12.6 Å². The molecule has 1 rings (SSSR count). The molecule has 1 aromatic rings. The number of carboxylic acid groups (broad SMARTS) is 1. The van der Waals surface area contributed by atoms with E-state index in [9.17, 15) is 13.2 Å². The van der Waals surface area contributed by atoms with E-state index in [1.165, 1.54) is 11.2 Å². The summed E-state index contributed by atoms with van der Waals surface area (Å²) < 4.78 is 31.4. The fourth-order valence-corrected chi connectivity index (χ4v) is 3.63. The Morgan fingerprint density at radius 2 is 1.95 bits per heavy atom. The summed E-state index contributed by atoms with van der Waals surface area (Å²) in [6.07, 6.45) is 0.697. The van der Waals surface area contributed by atoms with Gasteiger partial charge in [0.1, 0.15) is 10.7 Å². The summed E-state index contributed by atoms with van der Waals surface area (Å²) in [6, 6.07) is 1.07. The van der Waals surface area contributed by atoms with Gasteiger partial charge < -0.3 is 14.4 Å². The number of aromatic carboxylic acids is 1. The summed E-state index contributed by atoms with van der Waals surface area (Å²) >= 11 is 0. The van der Waals surface area contributed by atoms with Gasteiger partial charge in [-0.3, -0.25) is 0 Å². The number of sulfonamides is 1. The molecule has 21 heavy (non-hydrogen) atoms. The van der Waals surface area contributed by atoms with Crippen LogP contribution >= 0.6 is 0 Å². The van der Waals surface area contributed by atoms with Gasteiger partial charge in [-0.05, 0) is 34.0 Å². The Hall–Kier alpha value is -1.38. The second-order valence-corrected chi connectivity index (χ2v) is 6.90. The van der Waals surface area contributed by atoms with Crippen molar-refractivity contribution in [2.45, 2.75) is 25.2 Å². The fourth-order valence-electron chi connectivity index (χ4n) is 1.98. The van der Waals surface area contributed by atoms with Crippen LogP contribution in [-0.2, 0) is 10.0 Å². The van der Waals surface area contributed by atoms with E-state index in [4.69, 9.17) is 9.52 Å². The second kappa shape index (κ2) is 7.06. The number of carbonyl (C=O) groups is 1. The molecule has 0 bridgehead atoms. The third-order valence-electron chi connectivity index (χ3n) is 3.07. The maximum absolute atomic E-state index is 12.6. The van der Waals surface area contributed by atoms with Gasteiger partial charge >= 0.3 is 5.97 Å². The molecule has 120 valence electrons. The van der Waals surface area contributed by atoms with Crippen molar-refractivity contribution in [3.63, 3.8) is 0 Å². The Bertz CT molecular complexity index is 592. The molecule has 0 saturated heterocycles. The number of hydrogen-bond donors (Lipinski definition) is 1. The SMILES string of the molecule is CCN(CCCN(C)C)S(=O)(=O)c1cc(C(=O)O)oc1C. The molecule has 0 aliphatic carbocycles. The van der Waals surface area contributed by atoms with E-state index in [-0.39, 0.29) is 16.4 Å². The monoisotopic (exact) mass is 318 g/mol. The maximum Gasteiger partial charge on any atom is 0.371 e. The molecule has 0 aliphatic heterocycles. The van der Waals surface area contributed by atoms with Crippen LogP contribution in [0.4, 0.5) is 0 Å². The molecule has 8 heteroatoms. The van der Waals surface area contributed by atoms with Crippen molar-refractivity contribution >= 4 is 16.0 Å². The number of rotatable bonds is 8. The highest BCUT2D eigenvalue weighted by atomic mass is 32.2. The Balaban J connectivity index is 2.99. The molecule has 0 spiro atoms. The molecule has 0 fully saturated rings. The lowest BCUT2D eigenvalue weighted by Gasteiger charge is -2.20. The Kier molecular flexibility index (Phi) is 5.94. The van der Waals surface area contributed by atoms with Crippen LogP contribution < -0.4 is 0 Å². The van der Waals surface area contributed by atoms with E-state index in [2.05, 4.69) is 0 Å². The van der Waals surface area contributed by atoms with E-state index in [0.29, 0.717) is 19.5 Å². The minimum absolute atomic E-state index is 0.0772. The molecule has 1 aromatic heterocycles. The lowest BCUT2D eigenvalue weighted by molar-refractivity contribution is 0.0661. The smallest absolute Gasteiger partial charge is 0.371 e. The molecule has 0 saturated carbocycles. The standard InChI is InChI=1S/C13H22N2O5S/c1-5-15(8-6-7-14(3)4)21(18,19)12-9-11(13(16)17)20-10(12)2/h9H,5-8H2,1-4H3,(H,16,17). The van der Waals surface area contributed by atoms with Crippen molar-refractivity contribution in [2.75, 3.05) is 33.7 Å². The number of aryl methyl sites for hydroxylation is 1. The quantitative estimate of drug-likeness (QED) is 0.775. The van der Waals surface area contributed by atoms with Crippen LogP contribution in [0.25, 0.3) is 0 Å². The lowest BCUT2D eigenvalue weighted by atomic mass is 10.4. The Morgan fingerprint density at radius 3 is 2.38 bits per heavy atom. The van der Waals surface area contributed by atoms with Gasteiger partial charge in [-0.15, -0.1) is 0 Å². The predicted octanol–water partition coefficient (Wildman–Crippen LogP) is 1.25. The van der Waals surface area contributed by atoms with Crippen molar-refractivity contribution in [3.05, 3.63) is 17.6 Å². The summed E-state index contributed by atoms with van der Waals surface area (Å²) in [7, 11) is 0.107. The first-order valence-electron chi connectivity index (χ1n) is 6.68. The topological polar surface area (TPSA) is 91.1 Å². The van der Waals surface area contributed by atoms with E-state index < -0.39 is 16.0 Å². The van der Waals surface area contributed by atoms with Gasteiger partial charge in [0, 0.05) is 19.2 Å². The first-order chi connectivity index (χ1) is 9.70. The molecule has 0 radical (unpaired) electrons. The molecule has 0 atom stereocenters. The number of nitrogens with zero attached hydrogens (tertiary/aromatic N) is 2. The van der Waals surface area contributed by atoms with Gasteiger partial charge in [0.05, 0.1) is 0 Å². The second-order valence-electron chi connectivity index (χ2n) is 4.99. The third-order valence-corrected chi connectivity index (χ3v) is 5.15. The third kappa shape index (κ3) is 4.29. The van der Waals surface area contributed by atoms with E-state index in [1.807, 2.05) is 19.0 Å². The summed E-state index contributed by atoms with van der Waals surface area (Å²) in [5, 5.41) is 8.88. The van der Waals surface area contributed by atoms with Crippen LogP contribution in [0.3, 0.4) is 0 Å². The predicted molar refractivity (Wildman–Crippen MR) is 78.0 cm³/mol. The van der Waals surface area contributed by atoms with Crippen molar-refractivity contribution < 1.29 is 22.7 Å². The zero-order valence-electron chi connectivity index (χ0n) is 12.8. The van der Waals surface area contributed by atoms with Crippen LogP contribution in [0.1, 0.15) is 29.7 Å². The first kappa shape index (κ1) is 17.7. The van der Waals surface area contributed by atoms with E-state index in [1.54, 1.807) is 6.92 Å². The fraction of sp³-hybridized carbons (Fsp3) is 0.615. The van der Waals surface area contributed by atoms with Gasteiger partial charge in [0.25, 0.3) is 0 Å². The largest absolute Gasteiger partial charge is 0.475 e. The van der Waals surface area contributed by atoms with Crippen LogP contribution in [0.2, 0.25) is 0 Å².